The summed E-state index contributed by atoms with van der Waals surface area (Å²) in [6.07, 6.45) is 12.7. The van der Waals surface area contributed by atoms with E-state index in [0.29, 0.717) is 44.5 Å². The van der Waals surface area contributed by atoms with E-state index in [1.807, 2.05) is 48.5 Å². The Hall–Kier alpha value is -4.73. The highest BCUT2D eigenvalue weighted by Crippen LogP contribution is 2.49. The molecule has 0 spiro atoms. The number of methoxy groups -OCH3 is 2. The number of aliphatic hydroxyl groups excluding tert-OH is 1. The smallest absolute Gasteiger partial charge is 0.264 e. The van der Waals surface area contributed by atoms with Crippen molar-refractivity contribution in [2.24, 2.45) is 0 Å². The summed E-state index contributed by atoms with van der Waals surface area (Å²) in [7, 11) is -4.86. The first-order valence-electron chi connectivity index (χ1n) is 20.8. The van der Waals surface area contributed by atoms with Gasteiger partial charge < -0.3 is 24.2 Å². The summed E-state index contributed by atoms with van der Waals surface area (Å²) in [5.74, 6) is 2.26. The summed E-state index contributed by atoms with van der Waals surface area (Å²) >= 11 is 0. The minimum Gasteiger partial charge on any atom is -0.497 e. The number of nitrogens with zero attached hydrogens (tertiary/aromatic N) is 2. The molecule has 0 radical (unpaired) electrons. The molecule has 2 aliphatic heterocycles. The fourth-order valence-electron chi connectivity index (χ4n) is 8.65. The van der Waals surface area contributed by atoms with Crippen LogP contribution in [0.15, 0.2) is 108 Å². The third-order valence-corrected chi connectivity index (χ3v) is 13.6. The number of hydrogen-bond donors (Lipinski definition) is 3. The van der Waals surface area contributed by atoms with Gasteiger partial charge in [0.1, 0.15) is 29.6 Å². The standard InChI is InChI=1S/C47H58N2O10S2/c1-46(2)39-30-37(57-5)20-22-41(39)48(26-7-9-28-60(51,52)53)43(46)24-16-34-12-11-13-35(45(34)59-36-18-14-33(32-50)15-19-36)17-25-44-47(3,4)40-31-38(58-6)21-23-42(40)49(44)27-8-10-29-61(54,55)56/h14-25,30-31,50H,7-13,26-29,32H2,1-6H3,(H-,51,52,53,54,55,56)/p+1. The van der Waals surface area contributed by atoms with Crippen LogP contribution in [0.4, 0.5) is 11.4 Å². The van der Waals surface area contributed by atoms with Crippen molar-refractivity contribution in [2.45, 2.75) is 90.1 Å². The highest BCUT2D eigenvalue weighted by atomic mass is 32.2. The molecule has 0 saturated carbocycles. The van der Waals surface area contributed by atoms with E-state index in [9.17, 15) is 31.0 Å². The van der Waals surface area contributed by atoms with Crippen LogP contribution in [-0.2, 0) is 37.7 Å². The molecule has 328 valence electrons. The summed E-state index contributed by atoms with van der Waals surface area (Å²) < 4.78 is 85.2. The summed E-state index contributed by atoms with van der Waals surface area (Å²) in [6, 6.07) is 19.4. The van der Waals surface area contributed by atoms with Crippen LogP contribution in [0.25, 0.3) is 0 Å². The van der Waals surface area contributed by atoms with Crippen molar-refractivity contribution < 1.29 is 49.8 Å². The van der Waals surface area contributed by atoms with E-state index in [4.69, 9.17) is 14.2 Å². The van der Waals surface area contributed by atoms with Gasteiger partial charge >= 0.3 is 0 Å². The van der Waals surface area contributed by atoms with E-state index in [1.165, 1.54) is 0 Å². The molecule has 14 heteroatoms. The molecule has 6 rings (SSSR count). The van der Waals surface area contributed by atoms with Gasteiger partial charge in [0.2, 0.25) is 5.69 Å². The van der Waals surface area contributed by atoms with Crippen LogP contribution < -0.4 is 19.1 Å². The Bertz CT molecular complexity index is 2500. The Morgan fingerprint density at radius 1 is 0.738 bits per heavy atom. The second-order valence-electron chi connectivity index (χ2n) is 16.9. The molecule has 3 aromatic carbocycles. The van der Waals surface area contributed by atoms with Gasteiger partial charge in [0, 0.05) is 47.5 Å². The molecular formula is C47H59N2O10S2+. The fraction of sp³-hybridized carbons (Fsp3) is 0.426. The van der Waals surface area contributed by atoms with Crippen molar-refractivity contribution in [2.75, 3.05) is 43.7 Å². The lowest BCUT2D eigenvalue weighted by molar-refractivity contribution is -0.438. The maximum Gasteiger partial charge on any atom is 0.264 e. The average Bonchev–Trinajstić information content (AvgIpc) is 3.56. The van der Waals surface area contributed by atoms with Crippen molar-refractivity contribution >= 4 is 37.3 Å². The summed E-state index contributed by atoms with van der Waals surface area (Å²) in [5.41, 5.74) is 8.20. The molecule has 0 saturated heterocycles. The van der Waals surface area contributed by atoms with Crippen LogP contribution in [0.3, 0.4) is 0 Å². The normalized spacial score (nSPS) is 18.7. The molecule has 0 amide bonds. The number of fused-ring (bicyclic) bond motifs is 2. The minimum absolute atomic E-state index is 0.0823. The first kappa shape index (κ1) is 45.8. The highest BCUT2D eigenvalue weighted by Gasteiger charge is 2.45. The number of allylic oxidation sites excluding steroid dienone is 7. The Morgan fingerprint density at radius 3 is 2.00 bits per heavy atom. The number of unbranched alkanes of at least 4 members (excludes halogenated alkanes) is 2. The number of benzene rings is 3. The lowest BCUT2D eigenvalue weighted by atomic mass is 9.81. The summed E-state index contributed by atoms with van der Waals surface area (Å²) in [6.45, 7) is 9.69. The van der Waals surface area contributed by atoms with Gasteiger partial charge in [-0.2, -0.15) is 21.4 Å². The van der Waals surface area contributed by atoms with E-state index in [1.54, 1.807) is 14.2 Å². The van der Waals surface area contributed by atoms with Crippen LogP contribution in [-0.4, -0.2) is 80.1 Å². The zero-order valence-electron chi connectivity index (χ0n) is 36.0. The summed E-state index contributed by atoms with van der Waals surface area (Å²) in [4.78, 5) is 2.23. The van der Waals surface area contributed by atoms with Crippen molar-refractivity contribution in [3.05, 3.63) is 124 Å². The molecule has 0 unspecified atom stereocenters. The maximum absolute atomic E-state index is 11.5. The second kappa shape index (κ2) is 18.7. The Labute approximate surface area is 361 Å². The van der Waals surface area contributed by atoms with Gasteiger partial charge in [-0.15, -0.1) is 0 Å². The fourth-order valence-corrected chi connectivity index (χ4v) is 9.78. The third kappa shape index (κ3) is 10.7. The van der Waals surface area contributed by atoms with Gasteiger partial charge in [-0.1, -0.05) is 32.1 Å². The molecule has 12 nitrogen and oxygen atoms in total. The molecule has 3 N–H and O–H groups in total. The predicted molar refractivity (Wildman–Crippen MR) is 240 cm³/mol. The number of aliphatic hydroxyl groups is 1. The number of ether oxygens (including phenoxy) is 3. The lowest BCUT2D eigenvalue weighted by Crippen LogP contribution is -2.28. The second-order valence-corrected chi connectivity index (χ2v) is 20.0. The zero-order valence-corrected chi connectivity index (χ0v) is 37.6. The van der Waals surface area contributed by atoms with E-state index in [0.717, 1.165) is 87.1 Å². The largest absolute Gasteiger partial charge is 0.497 e. The van der Waals surface area contributed by atoms with Gasteiger partial charge in [0.25, 0.3) is 20.2 Å². The quantitative estimate of drug-likeness (QED) is 0.0638. The SMILES string of the molecule is COc1ccc2c(c1)C(C)(C)C(/C=C\C1=C(Oc3ccc(CO)cc3)C(=C\C=C3/N(CCCCS(=O)(=O)O)c4ccc(OC)cc4C3(C)C)/CCC1)=[N+]2CCCCS(=O)(=O)O. The Kier molecular flexibility index (Phi) is 14.0. The van der Waals surface area contributed by atoms with E-state index in [2.05, 4.69) is 73.6 Å². The third-order valence-electron chi connectivity index (χ3n) is 12.0. The van der Waals surface area contributed by atoms with E-state index < -0.39 is 31.1 Å². The molecule has 61 heavy (non-hydrogen) atoms. The van der Waals surface area contributed by atoms with Gasteiger partial charge in [0.05, 0.1) is 37.7 Å². The Morgan fingerprint density at radius 2 is 1.36 bits per heavy atom. The first-order valence-corrected chi connectivity index (χ1v) is 24.0. The molecule has 3 aliphatic rings. The van der Waals surface area contributed by atoms with Gasteiger partial charge in [0.15, 0.2) is 5.71 Å². The van der Waals surface area contributed by atoms with Crippen LogP contribution >= 0.6 is 0 Å². The number of anilines is 1. The first-order chi connectivity index (χ1) is 28.9. The van der Waals surface area contributed by atoms with Gasteiger partial charge in [-0.3, -0.25) is 9.11 Å². The van der Waals surface area contributed by atoms with Crippen molar-refractivity contribution in [1.82, 2.24) is 0 Å². The molecule has 0 aromatic heterocycles. The molecule has 0 atom stereocenters. The van der Waals surface area contributed by atoms with Crippen molar-refractivity contribution in [3.63, 3.8) is 0 Å². The monoisotopic (exact) mass is 875 g/mol. The number of hydrogen-bond acceptors (Lipinski definition) is 9. The van der Waals surface area contributed by atoms with Crippen LogP contribution in [0, 0.1) is 0 Å². The zero-order chi connectivity index (χ0) is 44.2. The highest BCUT2D eigenvalue weighted by molar-refractivity contribution is 7.86. The average molecular weight is 876 g/mol. The maximum atomic E-state index is 11.5. The molecule has 0 bridgehead atoms. The minimum atomic E-state index is -4.07. The van der Waals surface area contributed by atoms with Crippen LogP contribution in [0.5, 0.6) is 17.2 Å². The lowest BCUT2D eigenvalue weighted by Gasteiger charge is -2.27. The molecule has 1 aliphatic carbocycles. The van der Waals surface area contributed by atoms with E-state index >= 15 is 0 Å². The van der Waals surface area contributed by atoms with Gasteiger partial charge in [-0.05, 0) is 129 Å². The Balaban J connectivity index is 1.43. The molecule has 0 fully saturated rings. The number of rotatable bonds is 18. The van der Waals surface area contributed by atoms with E-state index in [-0.39, 0.29) is 18.1 Å². The summed E-state index contributed by atoms with van der Waals surface area (Å²) in [5, 5.41) is 9.73. The van der Waals surface area contributed by atoms with Crippen molar-refractivity contribution in [3.8, 4) is 17.2 Å². The molecule has 2 heterocycles. The predicted octanol–water partition coefficient (Wildman–Crippen LogP) is 8.59. The van der Waals surface area contributed by atoms with Crippen molar-refractivity contribution in [1.29, 1.82) is 0 Å². The molecule has 3 aromatic rings. The van der Waals surface area contributed by atoms with Crippen LogP contribution in [0.1, 0.15) is 89.3 Å². The molecular weight excluding hydrogens is 817 g/mol. The topological polar surface area (TPSA) is 163 Å². The van der Waals surface area contributed by atoms with Crippen LogP contribution in [0.2, 0.25) is 0 Å². The van der Waals surface area contributed by atoms with Gasteiger partial charge in [-0.25, -0.2) is 0 Å².